The van der Waals surface area contributed by atoms with Crippen LogP contribution in [0, 0.1) is 0 Å². The Labute approximate surface area is 127 Å². The molecule has 0 aromatic heterocycles. The Bertz CT molecular complexity index is 461. The van der Waals surface area contributed by atoms with Crippen molar-refractivity contribution in [1.82, 2.24) is 10.2 Å². The number of likely N-dealkylation sites (N-methyl/N-ethyl adjacent to an activating group) is 1. The highest BCUT2D eigenvalue weighted by molar-refractivity contribution is 5.77. The van der Waals surface area contributed by atoms with Crippen LogP contribution in [0.3, 0.4) is 0 Å². The summed E-state index contributed by atoms with van der Waals surface area (Å²) >= 11 is 0. The van der Waals surface area contributed by atoms with Gasteiger partial charge in [-0.3, -0.25) is 4.79 Å². The average molecular weight is 294 g/mol. The first-order valence-corrected chi connectivity index (χ1v) is 7.26. The number of carbonyl (C=O) groups is 1. The highest BCUT2D eigenvalue weighted by atomic mass is 16.5. The monoisotopic (exact) mass is 294 g/mol. The maximum Gasteiger partial charge on any atom is 0.236 e. The van der Waals surface area contributed by atoms with Crippen molar-refractivity contribution in [2.45, 2.75) is 33.4 Å². The molecule has 1 rings (SSSR count). The van der Waals surface area contributed by atoms with Crippen molar-refractivity contribution in [3.8, 4) is 11.5 Å². The molecule has 1 N–H and O–H groups in total. The molecular weight excluding hydrogens is 268 g/mol. The largest absolute Gasteiger partial charge is 0.493 e. The van der Waals surface area contributed by atoms with Crippen LogP contribution in [-0.2, 0) is 11.3 Å². The molecule has 0 heterocycles. The van der Waals surface area contributed by atoms with Crippen molar-refractivity contribution < 1.29 is 14.3 Å². The number of nitrogens with one attached hydrogen (secondary N) is 1. The molecule has 0 saturated heterocycles. The van der Waals surface area contributed by atoms with Gasteiger partial charge in [0, 0.05) is 20.1 Å². The van der Waals surface area contributed by atoms with Gasteiger partial charge in [-0.25, -0.2) is 0 Å². The first-order chi connectivity index (χ1) is 9.97. The lowest BCUT2D eigenvalue weighted by molar-refractivity contribution is -0.128. The van der Waals surface area contributed by atoms with Crippen molar-refractivity contribution in [3.63, 3.8) is 0 Å². The number of carbonyl (C=O) groups excluding carboxylic acids is 1. The molecule has 5 nitrogen and oxygen atoms in total. The number of nitrogens with zero attached hydrogens (tertiary/aromatic N) is 1. The number of ether oxygens (including phenoxy) is 2. The summed E-state index contributed by atoms with van der Waals surface area (Å²) in [7, 11) is 3.42. The van der Waals surface area contributed by atoms with E-state index in [-0.39, 0.29) is 12.0 Å². The van der Waals surface area contributed by atoms with Crippen LogP contribution in [0.2, 0.25) is 0 Å². The van der Waals surface area contributed by atoms with Gasteiger partial charge in [0.05, 0.1) is 19.8 Å². The highest BCUT2D eigenvalue weighted by Gasteiger charge is 2.09. The van der Waals surface area contributed by atoms with Crippen LogP contribution < -0.4 is 14.8 Å². The van der Waals surface area contributed by atoms with Gasteiger partial charge in [0.1, 0.15) is 0 Å². The van der Waals surface area contributed by atoms with Gasteiger partial charge in [-0.2, -0.15) is 0 Å². The maximum atomic E-state index is 11.7. The Balaban J connectivity index is 2.58. The minimum Gasteiger partial charge on any atom is -0.493 e. The molecule has 0 atom stereocenters. The Morgan fingerprint density at radius 2 is 2.05 bits per heavy atom. The van der Waals surface area contributed by atoms with E-state index in [2.05, 4.69) is 5.32 Å². The lowest BCUT2D eigenvalue weighted by Crippen LogP contribution is -2.35. The summed E-state index contributed by atoms with van der Waals surface area (Å²) in [6.07, 6.45) is 0.102. The van der Waals surface area contributed by atoms with Gasteiger partial charge in [-0.05, 0) is 38.5 Å². The van der Waals surface area contributed by atoms with E-state index >= 15 is 0 Å². The van der Waals surface area contributed by atoms with Gasteiger partial charge in [0.2, 0.25) is 5.91 Å². The molecule has 0 radical (unpaired) electrons. The summed E-state index contributed by atoms with van der Waals surface area (Å²) in [6.45, 7) is 7.57. The van der Waals surface area contributed by atoms with Crippen LogP contribution in [0.15, 0.2) is 18.2 Å². The second-order valence-electron chi connectivity index (χ2n) is 5.16. The molecule has 21 heavy (non-hydrogen) atoms. The molecule has 1 aromatic rings. The van der Waals surface area contributed by atoms with E-state index in [0.717, 1.165) is 17.9 Å². The Kier molecular flexibility index (Phi) is 7.02. The molecule has 0 aliphatic heterocycles. The van der Waals surface area contributed by atoms with Crippen LogP contribution in [0.5, 0.6) is 11.5 Å². The van der Waals surface area contributed by atoms with Crippen LogP contribution in [-0.4, -0.2) is 44.2 Å². The quantitative estimate of drug-likeness (QED) is 0.797. The fourth-order valence-corrected chi connectivity index (χ4v) is 1.80. The van der Waals surface area contributed by atoms with Gasteiger partial charge >= 0.3 is 0 Å². The van der Waals surface area contributed by atoms with Gasteiger partial charge < -0.3 is 19.7 Å². The molecule has 0 aliphatic rings. The summed E-state index contributed by atoms with van der Waals surface area (Å²) in [5.74, 6) is 1.53. The van der Waals surface area contributed by atoms with E-state index in [9.17, 15) is 4.79 Å². The Morgan fingerprint density at radius 3 is 2.62 bits per heavy atom. The molecule has 118 valence electrons. The summed E-state index contributed by atoms with van der Waals surface area (Å²) in [6, 6.07) is 5.80. The summed E-state index contributed by atoms with van der Waals surface area (Å²) < 4.78 is 11.0. The predicted octanol–water partition coefficient (Wildman–Crippen LogP) is 2.05. The molecule has 0 saturated carbocycles. The first-order valence-electron chi connectivity index (χ1n) is 7.26. The zero-order valence-electron chi connectivity index (χ0n) is 13.6. The van der Waals surface area contributed by atoms with Gasteiger partial charge in [-0.1, -0.05) is 6.07 Å². The lowest BCUT2D eigenvalue weighted by atomic mass is 10.2. The standard InChI is InChI=1S/C16H26N2O3/c1-6-18(4)16(19)11-17-10-13-7-8-14(21-12(2)3)15(9-13)20-5/h7-9,12,17H,6,10-11H2,1-5H3. The van der Waals surface area contributed by atoms with E-state index in [4.69, 9.17) is 9.47 Å². The SMILES string of the molecule is CCN(C)C(=O)CNCc1ccc(OC(C)C)c(OC)c1. The third kappa shape index (κ3) is 5.63. The second kappa shape index (κ2) is 8.52. The summed E-state index contributed by atoms with van der Waals surface area (Å²) in [5, 5.41) is 3.14. The van der Waals surface area contributed by atoms with Crippen LogP contribution in [0.25, 0.3) is 0 Å². The number of benzene rings is 1. The van der Waals surface area contributed by atoms with Gasteiger partial charge in [0.15, 0.2) is 11.5 Å². The Hall–Kier alpha value is -1.75. The van der Waals surface area contributed by atoms with Crippen LogP contribution >= 0.6 is 0 Å². The molecule has 1 aromatic carbocycles. The zero-order chi connectivity index (χ0) is 15.8. The highest BCUT2D eigenvalue weighted by Crippen LogP contribution is 2.28. The number of hydrogen-bond acceptors (Lipinski definition) is 4. The normalized spacial score (nSPS) is 10.6. The third-order valence-corrected chi connectivity index (χ3v) is 3.10. The fourth-order valence-electron chi connectivity index (χ4n) is 1.80. The van der Waals surface area contributed by atoms with E-state index in [1.54, 1.807) is 19.1 Å². The fraction of sp³-hybridized carbons (Fsp3) is 0.562. The van der Waals surface area contributed by atoms with Gasteiger partial charge in [-0.15, -0.1) is 0 Å². The Morgan fingerprint density at radius 1 is 1.33 bits per heavy atom. The average Bonchev–Trinajstić information content (AvgIpc) is 2.47. The third-order valence-electron chi connectivity index (χ3n) is 3.10. The summed E-state index contributed by atoms with van der Waals surface area (Å²) in [4.78, 5) is 13.4. The first kappa shape index (κ1) is 17.3. The molecule has 0 spiro atoms. The van der Waals surface area contributed by atoms with Crippen molar-refractivity contribution in [2.75, 3.05) is 27.2 Å². The molecule has 0 fully saturated rings. The molecular formula is C16H26N2O3. The van der Waals surface area contributed by atoms with E-state index < -0.39 is 0 Å². The van der Waals surface area contributed by atoms with E-state index in [1.165, 1.54) is 0 Å². The zero-order valence-corrected chi connectivity index (χ0v) is 13.6. The molecule has 0 aliphatic carbocycles. The maximum absolute atomic E-state index is 11.7. The van der Waals surface area contributed by atoms with Gasteiger partial charge in [0.25, 0.3) is 0 Å². The minimum atomic E-state index is 0.0872. The van der Waals surface area contributed by atoms with Crippen LogP contribution in [0.4, 0.5) is 0 Å². The summed E-state index contributed by atoms with van der Waals surface area (Å²) in [5.41, 5.74) is 1.05. The van der Waals surface area contributed by atoms with E-state index in [1.807, 2.05) is 39.0 Å². The van der Waals surface area contributed by atoms with Crippen molar-refractivity contribution in [1.29, 1.82) is 0 Å². The smallest absolute Gasteiger partial charge is 0.236 e. The van der Waals surface area contributed by atoms with Crippen molar-refractivity contribution >= 4 is 5.91 Å². The number of amides is 1. The topological polar surface area (TPSA) is 50.8 Å². The molecule has 0 bridgehead atoms. The molecule has 0 unspecified atom stereocenters. The van der Waals surface area contributed by atoms with E-state index in [0.29, 0.717) is 18.8 Å². The molecule has 1 amide bonds. The van der Waals surface area contributed by atoms with Crippen molar-refractivity contribution in [3.05, 3.63) is 23.8 Å². The molecule has 5 heteroatoms. The second-order valence-corrected chi connectivity index (χ2v) is 5.16. The lowest BCUT2D eigenvalue weighted by Gasteiger charge is -2.16. The number of methoxy groups -OCH3 is 1. The minimum absolute atomic E-state index is 0.0872. The number of rotatable bonds is 8. The predicted molar refractivity (Wildman–Crippen MR) is 83.8 cm³/mol. The number of hydrogen-bond donors (Lipinski definition) is 1. The van der Waals surface area contributed by atoms with Crippen molar-refractivity contribution in [2.24, 2.45) is 0 Å². The van der Waals surface area contributed by atoms with Crippen LogP contribution in [0.1, 0.15) is 26.3 Å².